The van der Waals surface area contributed by atoms with Gasteiger partial charge in [-0.15, -0.1) is 0 Å². The van der Waals surface area contributed by atoms with Crippen LogP contribution in [0.25, 0.3) is 0 Å². The number of ether oxygens (including phenoxy) is 1. The monoisotopic (exact) mass is 405 g/mol. The summed E-state index contributed by atoms with van der Waals surface area (Å²) >= 11 is 23.9. The molecule has 128 valence electrons. The number of hydrogen-bond donors (Lipinski definition) is 1. The van der Waals surface area contributed by atoms with Gasteiger partial charge in [0.15, 0.2) is 6.10 Å². The summed E-state index contributed by atoms with van der Waals surface area (Å²) in [4.78, 5) is 12.3. The van der Waals surface area contributed by atoms with Crippen molar-refractivity contribution in [3.05, 3.63) is 62.1 Å². The Hall–Kier alpha value is -1.13. The molecule has 0 spiro atoms. The van der Waals surface area contributed by atoms with E-state index < -0.39 is 6.10 Å². The highest BCUT2D eigenvalue weighted by molar-refractivity contribution is 6.35. The largest absolute Gasteiger partial charge is 0.481 e. The molecule has 2 atom stereocenters. The molecule has 24 heavy (non-hydrogen) atoms. The van der Waals surface area contributed by atoms with Crippen LogP contribution in [0, 0.1) is 0 Å². The van der Waals surface area contributed by atoms with Crippen molar-refractivity contribution in [2.75, 3.05) is 0 Å². The minimum Gasteiger partial charge on any atom is -0.481 e. The fourth-order valence-electron chi connectivity index (χ4n) is 2.12. The van der Waals surface area contributed by atoms with Gasteiger partial charge in [0.2, 0.25) is 0 Å². The molecule has 1 amide bonds. The first kappa shape index (κ1) is 19.2. The number of carbonyl (C=O) groups is 1. The Morgan fingerprint density at radius 2 is 1.58 bits per heavy atom. The van der Waals surface area contributed by atoms with Crippen LogP contribution in [0.1, 0.15) is 25.5 Å². The highest BCUT2D eigenvalue weighted by Crippen LogP contribution is 2.27. The lowest BCUT2D eigenvalue weighted by Crippen LogP contribution is -2.37. The molecule has 2 aromatic rings. The number of amides is 1. The smallest absolute Gasteiger partial charge is 0.261 e. The molecule has 0 bridgehead atoms. The zero-order valence-electron chi connectivity index (χ0n) is 12.9. The van der Waals surface area contributed by atoms with Crippen LogP contribution in [0.5, 0.6) is 5.75 Å². The second-order valence-electron chi connectivity index (χ2n) is 5.26. The number of benzene rings is 2. The molecule has 0 heterocycles. The molecule has 0 aliphatic rings. The minimum atomic E-state index is -0.729. The zero-order valence-corrected chi connectivity index (χ0v) is 16.0. The molecule has 0 fully saturated rings. The van der Waals surface area contributed by atoms with Crippen molar-refractivity contribution in [3.63, 3.8) is 0 Å². The molecule has 0 saturated carbocycles. The molecule has 0 aliphatic heterocycles. The second-order valence-corrected chi connectivity index (χ2v) is 6.98. The predicted octanol–water partition coefficient (Wildman–Crippen LogP) is 5.94. The first-order chi connectivity index (χ1) is 11.3. The molecular weight excluding hydrogens is 392 g/mol. The fraction of sp³-hybridized carbons (Fsp3) is 0.235. The van der Waals surface area contributed by atoms with E-state index >= 15 is 0 Å². The van der Waals surface area contributed by atoms with E-state index in [1.807, 2.05) is 6.92 Å². The molecule has 3 nitrogen and oxygen atoms in total. The van der Waals surface area contributed by atoms with E-state index in [2.05, 4.69) is 5.32 Å². The van der Waals surface area contributed by atoms with E-state index in [9.17, 15) is 4.79 Å². The van der Waals surface area contributed by atoms with Crippen LogP contribution in [-0.4, -0.2) is 12.0 Å². The number of halogens is 4. The molecule has 0 aliphatic carbocycles. The lowest BCUT2D eigenvalue weighted by molar-refractivity contribution is -0.127. The Labute approximate surface area is 160 Å². The quantitative estimate of drug-likeness (QED) is 0.666. The average molecular weight is 407 g/mol. The first-order valence-corrected chi connectivity index (χ1v) is 8.65. The van der Waals surface area contributed by atoms with Gasteiger partial charge in [-0.25, -0.2) is 0 Å². The van der Waals surface area contributed by atoms with Crippen molar-refractivity contribution in [3.8, 4) is 5.75 Å². The number of nitrogens with one attached hydrogen (secondary N) is 1. The molecule has 1 N–H and O–H groups in total. The van der Waals surface area contributed by atoms with Crippen LogP contribution in [0.4, 0.5) is 0 Å². The number of carbonyl (C=O) groups excluding carboxylic acids is 1. The van der Waals surface area contributed by atoms with E-state index in [1.165, 1.54) is 0 Å². The van der Waals surface area contributed by atoms with Crippen LogP contribution in [0.2, 0.25) is 20.1 Å². The minimum absolute atomic E-state index is 0.287. The molecule has 7 heteroatoms. The number of rotatable bonds is 5. The van der Waals surface area contributed by atoms with Crippen molar-refractivity contribution in [1.82, 2.24) is 5.32 Å². The van der Waals surface area contributed by atoms with Gasteiger partial charge in [-0.2, -0.15) is 0 Å². The van der Waals surface area contributed by atoms with E-state index in [0.29, 0.717) is 25.8 Å². The topological polar surface area (TPSA) is 38.3 Å². The van der Waals surface area contributed by atoms with E-state index in [1.54, 1.807) is 43.3 Å². The Balaban J connectivity index is 2.02. The van der Waals surface area contributed by atoms with Gasteiger partial charge >= 0.3 is 0 Å². The van der Waals surface area contributed by atoms with Gasteiger partial charge in [0.05, 0.1) is 6.04 Å². The van der Waals surface area contributed by atoms with Crippen LogP contribution < -0.4 is 10.1 Å². The summed E-state index contributed by atoms with van der Waals surface area (Å²) in [6.07, 6.45) is -0.729. The highest BCUT2D eigenvalue weighted by Gasteiger charge is 2.19. The summed E-state index contributed by atoms with van der Waals surface area (Å²) in [6, 6.07) is 9.61. The third kappa shape index (κ3) is 5.18. The lowest BCUT2D eigenvalue weighted by Gasteiger charge is -2.20. The maximum atomic E-state index is 12.3. The highest BCUT2D eigenvalue weighted by atomic mass is 35.5. The van der Waals surface area contributed by atoms with Crippen molar-refractivity contribution in [2.45, 2.75) is 26.0 Å². The van der Waals surface area contributed by atoms with Crippen LogP contribution >= 0.6 is 46.4 Å². The van der Waals surface area contributed by atoms with Gasteiger partial charge in [-0.1, -0.05) is 52.5 Å². The van der Waals surface area contributed by atoms with Crippen molar-refractivity contribution in [2.24, 2.45) is 0 Å². The van der Waals surface area contributed by atoms with Gasteiger partial charge in [0, 0.05) is 20.1 Å². The van der Waals surface area contributed by atoms with Gasteiger partial charge in [-0.05, 0) is 49.7 Å². The summed E-state index contributed by atoms with van der Waals surface area (Å²) < 4.78 is 5.59. The molecule has 2 aromatic carbocycles. The van der Waals surface area contributed by atoms with Crippen LogP contribution in [0.3, 0.4) is 0 Å². The van der Waals surface area contributed by atoms with Gasteiger partial charge < -0.3 is 10.1 Å². The summed E-state index contributed by atoms with van der Waals surface area (Å²) in [5, 5.41) is 4.75. The summed E-state index contributed by atoms with van der Waals surface area (Å²) in [5.41, 5.74) is 0.771. The zero-order chi connectivity index (χ0) is 17.9. The number of hydrogen-bond acceptors (Lipinski definition) is 2. The Morgan fingerprint density at radius 3 is 2.17 bits per heavy atom. The summed E-state index contributed by atoms with van der Waals surface area (Å²) in [6.45, 7) is 3.47. The van der Waals surface area contributed by atoms with Crippen LogP contribution in [-0.2, 0) is 4.79 Å². The maximum Gasteiger partial charge on any atom is 0.261 e. The predicted molar refractivity (Wildman–Crippen MR) is 99.6 cm³/mol. The average Bonchev–Trinajstić information content (AvgIpc) is 2.45. The van der Waals surface area contributed by atoms with Gasteiger partial charge in [0.25, 0.3) is 5.91 Å². The molecule has 0 aromatic heterocycles. The Bertz CT molecular complexity index is 731. The van der Waals surface area contributed by atoms with Gasteiger partial charge in [-0.3, -0.25) is 4.79 Å². The summed E-state index contributed by atoms with van der Waals surface area (Å²) in [7, 11) is 0. The Morgan fingerprint density at radius 1 is 0.958 bits per heavy atom. The second kappa shape index (κ2) is 8.30. The fourth-order valence-corrected chi connectivity index (χ4v) is 3.19. The van der Waals surface area contributed by atoms with Crippen molar-refractivity contribution in [1.29, 1.82) is 0 Å². The standard InChI is InChI=1S/C17H15Cl4NO2/c1-9(15-4-3-11(18)8-16(15)21)22-17(23)10(2)24-14-6-12(19)5-13(20)7-14/h3-10H,1-2H3,(H,22,23)/t9-,10+/m1/s1. The van der Waals surface area contributed by atoms with Gasteiger partial charge in [0.1, 0.15) is 5.75 Å². The molecule has 0 radical (unpaired) electrons. The normalized spacial score (nSPS) is 13.2. The summed E-state index contributed by atoms with van der Waals surface area (Å²) in [5.74, 6) is 0.136. The van der Waals surface area contributed by atoms with E-state index in [0.717, 1.165) is 5.56 Å². The van der Waals surface area contributed by atoms with E-state index in [-0.39, 0.29) is 11.9 Å². The molecule has 0 saturated heterocycles. The van der Waals surface area contributed by atoms with Crippen molar-refractivity contribution >= 4 is 52.3 Å². The third-order valence-corrected chi connectivity index (χ3v) is 4.30. The Kier molecular flexibility index (Phi) is 6.64. The molecule has 0 unspecified atom stereocenters. The van der Waals surface area contributed by atoms with Crippen molar-refractivity contribution < 1.29 is 9.53 Å². The molecule has 2 rings (SSSR count). The first-order valence-electron chi connectivity index (χ1n) is 7.14. The van der Waals surface area contributed by atoms with Crippen LogP contribution in [0.15, 0.2) is 36.4 Å². The molecular formula is C17H15Cl4NO2. The van der Waals surface area contributed by atoms with E-state index in [4.69, 9.17) is 51.1 Å². The SMILES string of the molecule is C[C@H](Oc1cc(Cl)cc(Cl)c1)C(=O)N[C@H](C)c1ccc(Cl)cc1Cl. The third-order valence-electron chi connectivity index (χ3n) is 3.31. The lowest BCUT2D eigenvalue weighted by atomic mass is 10.1. The maximum absolute atomic E-state index is 12.3.